The summed E-state index contributed by atoms with van der Waals surface area (Å²) in [6, 6.07) is 6.51. The number of nitrogens with one attached hydrogen (secondary N) is 1. The molecule has 0 amide bonds. The summed E-state index contributed by atoms with van der Waals surface area (Å²) in [7, 11) is 0. The molecule has 0 aliphatic rings. The third-order valence-corrected chi connectivity index (χ3v) is 3.05. The second kappa shape index (κ2) is 6.47. The number of hydrogen-bond acceptors (Lipinski definition) is 4. The normalized spacial score (nSPS) is 14.5. The van der Waals surface area contributed by atoms with E-state index in [-0.39, 0.29) is 24.4 Å². The minimum Gasteiger partial charge on any atom is -0.395 e. The number of nitrogens with zero attached hydrogens (tertiary/aromatic N) is 1. The molecule has 2 N–H and O–H groups in total. The molecule has 0 aromatic heterocycles. The number of non-ortho nitro benzene ring substituents is 1. The van der Waals surface area contributed by atoms with Gasteiger partial charge in [-0.05, 0) is 18.4 Å². The maximum atomic E-state index is 10.7. The van der Waals surface area contributed by atoms with Gasteiger partial charge < -0.3 is 10.4 Å². The Morgan fingerprint density at radius 2 is 2.06 bits per heavy atom. The molecule has 5 heteroatoms. The zero-order chi connectivity index (χ0) is 13.7. The smallest absolute Gasteiger partial charge is 0.269 e. The molecule has 1 unspecified atom stereocenters. The zero-order valence-electron chi connectivity index (χ0n) is 11.0. The van der Waals surface area contributed by atoms with Gasteiger partial charge >= 0.3 is 0 Å². The summed E-state index contributed by atoms with van der Waals surface area (Å²) in [6.45, 7) is 6.03. The molecule has 5 nitrogen and oxygen atoms in total. The Kier molecular flexibility index (Phi) is 5.25. The molecule has 0 bridgehead atoms. The maximum absolute atomic E-state index is 10.7. The summed E-state index contributed by atoms with van der Waals surface area (Å²) in [5, 5.41) is 23.2. The molecule has 0 heterocycles. The Balaban J connectivity index is 2.80. The van der Waals surface area contributed by atoms with E-state index in [2.05, 4.69) is 5.32 Å². The van der Waals surface area contributed by atoms with E-state index < -0.39 is 4.92 Å². The molecule has 0 fully saturated rings. The number of nitro groups is 1. The Bertz CT molecular complexity index is 407. The number of aliphatic hydroxyl groups is 1. The second-order valence-corrected chi connectivity index (χ2v) is 4.77. The van der Waals surface area contributed by atoms with Crippen LogP contribution in [0.5, 0.6) is 0 Å². The molecular weight excluding hydrogens is 232 g/mol. The van der Waals surface area contributed by atoms with Gasteiger partial charge in [-0.1, -0.05) is 26.0 Å². The summed E-state index contributed by atoms with van der Waals surface area (Å²) in [5.74, 6) is 0.302. The number of benzene rings is 1. The molecule has 0 radical (unpaired) electrons. The van der Waals surface area contributed by atoms with Gasteiger partial charge in [0.15, 0.2) is 0 Å². The van der Waals surface area contributed by atoms with Crippen LogP contribution in [0.1, 0.15) is 32.4 Å². The molecule has 0 aliphatic heterocycles. The number of hydrogen-bond donors (Lipinski definition) is 2. The lowest BCUT2D eigenvalue weighted by atomic mass is 10.0. The van der Waals surface area contributed by atoms with Gasteiger partial charge in [0.1, 0.15) is 0 Å². The fourth-order valence-electron chi connectivity index (χ4n) is 1.78. The molecule has 100 valence electrons. The molecule has 0 saturated heterocycles. The first-order valence-corrected chi connectivity index (χ1v) is 6.07. The van der Waals surface area contributed by atoms with E-state index in [9.17, 15) is 15.2 Å². The summed E-state index contributed by atoms with van der Waals surface area (Å²) < 4.78 is 0. The summed E-state index contributed by atoms with van der Waals surface area (Å²) in [6.07, 6.45) is 0. The SMILES string of the molecule is CC(N[C@H](CO)C(C)C)c1cccc([N+](=O)[O-])c1. The van der Waals surface area contributed by atoms with Crippen molar-refractivity contribution in [3.05, 3.63) is 39.9 Å². The van der Waals surface area contributed by atoms with E-state index in [0.29, 0.717) is 5.92 Å². The van der Waals surface area contributed by atoms with Gasteiger partial charge in [-0.3, -0.25) is 10.1 Å². The molecule has 1 aromatic carbocycles. The standard InChI is InChI=1S/C13H20N2O3/c1-9(2)13(8-16)14-10(3)11-5-4-6-12(7-11)15(17)18/h4-7,9-10,13-14,16H,8H2,1-3H3/t10?,13-/m1/s1. The first-order valence-electron chi connectivity index (χ1n) is 6.07. The van der Waals surface area contributed by atoms with Crippen molar-refractivity contribution in [3.8, 4) is 0 Å². The van der Waals surface area contributed by atoms with Crippen LogP contribution in [0.2, 0.25) is 0 Å². The quantitative estimate of drug-likeness (QED) is 0.601. The molecule has 18 heavy (non-hydrogen) atoms. The van der Waals surface area contributed by atoms with Gasteiger partial charge in [-0.2, -0.15) is 0 Å². The summed E-state index contributed by atoms with van der Waals surface area (Å²) in [4.78, 5) is 10.3. The van der Waals surface area contributed by atoms with E-state index in [0.717, 1.165) is 5.56 Å². The van der Waals surface area contributed by atoms with Gasteiger partial charge in [-0.15, -0.1) is 0 Å². The van der Waals surface area contributed by atoms with Crippen molar-refractivity contribution >= 4 is 5.69 Å². The fourth-order valence-corrected chi connectivity index (χ4v) is 1.78. The predicted molar refractivity (Wildman–Crippen MR) is 70.4 cm³/mol. The minimum atomic E-state index is -0.401. The molecule has 1 rings (SSSR count). The molecule has 0 spiro atoms. The van der Waals surface area contributed by atoms with Gasteiger partial charge in [0.25, 0.3) is 5.69 Å². The zero-order valence-corrected chi connectivity index (χ0v) is 11.0. The Hall–Kier alpha value is -1.46. The maximum Gasteiger partial charge on any atom is 0.269 e. The van der Waals surface area contributed by atoms with Gasteiger partial charge in [0.05, 0.1) is 11.5 Å². The number of nitro benzene ring substituents is 1. The van der Waals surface area contributed by atoms with Crippen molar-refractivity contribution in [2.24, 2.45) is 5.92 Å². The van der Waals surface area contributed by atoms with Crippen LogP contribution in [-0.4, -0.2) is 22.7 Å². The van der Waals surface area contributed by atoms with Crippen LogP contribution in [0.4, 0.5) is 5.69 Å². The van der Waals surface area contributed by atoms with Crippen LogP contribution in [0.25, 0.3) is 0 Å². The van der Waals surface area contributed by atoms with Crippen LogP contribution in [-0.2, 0) is 0 Å². The molecular formula is C13H20N2O3. The molecule has 1 aromatic rings. The fraction of sp³-hybridized carbons (Fsp3) is 0.538. The highest BCUT2D eigenvalue weighted by Crippen LogP contribution is 2.20. The monoisotopic (exact) mass is 252 g/mol. The van der Waals surface area contributed by atoms with E-state index in [4.69, 9.17) is 0 Å². The van der Waals surface area contributed by atoms with Crippen molar-refractivity contribution in [1.29, 1.82) is 0 Å². The van der Waals surface area contributed by atoms with Crippen LogP contribution < -0.4 is 5.32 Å². The summed E-state index contributed by atoms with van der Waals surface area (Å²) >= 11 is 0. The average molecular weight is 252 g/mol. The van der Waals surface area contributed by atoms with Crippen LogP contribution >= 0.6 is 0 Å². The van der Waals surface area contributed by atoms with E-state index >= 15 is 0 Å². The van der Waals surface area contributed by atoms with Crippen molar-refractivity contribution < 1.29 is 10.0 Å². The first kappa shape index (κ1) is 14.6. The Morgan fingerprint density at radius 3 is 2.56 bits per heavy atom. The largest absolute Gasteiger partial charge is 0.395 e. The van der Waals surface area contributed by atoms with Crippen LogP contribution in [0.15, 0.2) is 24.3 Å². The summed E-state index contributed by atoms with van der Waals surface area (Å²) in [5.41, 5.74) is 0.939. The van der Waals surface area contributed by atoms with Crippen LogP contribution in [0.3, 0.4) is 0 Å². The van der Waals surface area contributed by atoms with Gasteiger partial charge in [0.2, 0.25) is 0 Å². The first-order chi connectivity index (χ1) is 8.45. The van der Waals surface area contributed by atoms with E-state index in [1.807, 2.05) is 26.8 Å². The van der Waals surface area contributed by atoms with Crippen molar-refractivity contribution in [2.45, 2.75) is 32.9 Å². The number of aliphatic hydroxyl groups excluding tert-OH is 1. The lowest BCUT2D eigenvalue weighted by Crippen LogP contribution is -2.38. The Morgan fingerprint density at radius 1 is 1.39 bits per heavy atom. The van der Waals surface area contributed by atoms with Crippen molar-refractivity contribution in [1.82, 2.24) is 5.32 Å². The lowest BCUT2D eigenvalue weighted by molar-refractivity contribution is -0.384. The highest BCUT2D eigenvalue weighted by atomic mass is 16.6. The third-order valence-electron chi connectivity index (χ3n) is 3.05. The molecule has 0 saturated carbocycles. The van der Waals surface area contributed by atoms with E-state index in [1.165, 1.54) is 6.07 Å². The topological polar surface area (TPSA) is 75.4 Å². The second-order valence-electron chi connectivity index (χ2n) is 4.77. The molecule has 2 atom stereocenters. The van der Waals surface area contributed by atoms with Crippen molar-refractivity contribution in [3.63, 3.8) is 0 Å². The lowest BCUT2D eigenvalue weighted by Gasteiger charge is -2.24. The van der Waals surface area contributed by atoms with Gasteiger partial charge in [0, 0.05) is 24.2 Å². The van der Waals surface area contributed by atoms with Gasteiger partial charge in [-0.25, -0.2) is 0 Å². The molecule has 0 aliphatic carbocycles. The minimum absolute atomic E-state index is 0.0146. The highest BCUT2D eigenvalue weighted by molar-refractivity contribution is 5.35. The number of rotatable bonds is 6. The van der Waals surface area contributed by atoms with Crippen molar-refractivity contribution in [2.75, 3.05) is 6.61 Å². The van der Waals surface area contributed by atoms with Crippen LogP contribution in [0, 0.1) is 16.0 Å². The predicted octanol–water partition coefficient (Wildman–Crippen LogP) is 2.26. The highest BCUT2D eigenvalue weighted by Gasteiger charge is 2.17. The average Bonchev–Trinajstić information content (AvgIpc) is 2.35. The Labute approximate surface area is 107 Å². The third kappa shape index (κ3) is 3.78. The van der Waals surface area contributed by atoms with E-state index in [1.54, 1.807) is 12.1 Å².